The van der Waals surface area contributed by atoms with E-state index in [4.69, 9.17) is 0 Å². The van der Waals surface area contributed by atoms with E-state index in [2.05, 4.69) is 0 Å². The lowest BCUT2D eigenvalue weighted by Crippen LogP contribution is -1.99. The van der Waals surface area contributed by atoms with Gasteiger partial charge in [0.2, 0.25) is 0 Å². The van der Waals surface area contributed by atoms with Gasteiger partial charge in [0.05, 0.1) is 5.83 Å². The Morgan fingerprint density at radius 2 is 1.90 bits per heavy atom. The molecule has 0 saturated carbocycles. The van der Waals surface area contributed by atoms with Crippen LogP contribution in [0, 0.1) is 5.41 Å². The fourth-order valence-electron chi connectivity index (χ4n) is 0.781. The molecular formula is C9H17F. The Morgan fingerprint density at radius 3 is 2.20 bits per heavy atom. The van der Waals surface area contributed by atoms with Gasteiger partial charge < -0.3 is 0 Å². The quantitative estimate of drug-likeness (QED) is 0.554. The van der Waals surface area contributed by atoms with Crippen LogP contribution >= 0.6 is 0 Å². The predicted octanol–water partition coefficient (Wildman–Crippen LogP) is 3.69. The van der Waals surface area contributed by atoms with E-state index in [0.29, 0.717) is 6.42 Å². The van der Waals surface area contributed by atoms with Crippen LogP contribution in [0.3, 0.4) is 0 Å². The fourth-order valence-corrected chi connectivity index (χ4v) is 0.781. The van der Waals surface area contributed by atoms with Crippen LogP contribution in [0.4, 0.5) is 4.39 Å². The molecule has 0 aromatic carbocycles. The molecule has 1 heteroatoms. The molecule has 10 heavy (non-hydrogen) atoms. The van der Waals surface area contributed by atoms with Crippen molar-refractivity contribution in [1.82, 2.24) is 0 Å². The Bertz CT molecular complexity index is 117. The minimum Gasteiger partial charge on any atom is -0.212 e. The van der Waals surface area contributed by atoms with Crippen LogP contribution in [0.2, 0.25) is 0 Å². The summed E-state index contributed by atoms with van der Waals surface area (Å²) in [6, 6.07) is 0. The van der Waals surface area contributed by atoms with Gasteiger partial charge in [-0.05, 0) is 24.3 Å². The number of allylic oxidation sites excluding steroid dienone is 2. The first-order valence-electron chi connectivity index (χ1n) is 3.83. The molecule has 0 aromatic rings. The Kier molecular flexibility index (Phi) is 3.62. The van der Waals surface area contributed by atoms with Crippen molar-refractivity contribution in [2.75, 3.05) is 0 Å². The Labute approximate surface area is 63.1 Å². The van der Waals surface area contributed by atoms with E-state index in [-0.39, 0.29) is 11.2 Å². The number of hydrogen-bond donors (Lipinski definition) is 0. The molecule has 0 nitrogen and oxygen atoms in total. The average molecular weight is 144 g/mol. The van der Waals surface area contributed by atoms with Gasteiger partial charge in [-0.2, -0.15) is 0 Å². The topological polar surface area (TPSA) is 0 Å². The van der Waals surface area contributed by atoms with Crippen LogP contribution < -0.4 is 0 Å². The monoisotopic (exact) mass is 144 g/mol. The zero-order valence-electron chi connectivity index (χ0n) is 7.37. The van der Waals surface area contributed by atoms with Gasteiger partial charge in [-0.15, -0.1) is 0 Å². The van der Waals surface area contributed by atoms with E-state index < -0.39 is 0 Å². The van der Waals surface area contributed by atoms with Crippen LogP contribution in [0.15, 0.2) is 11.9 Å². The highest BCUT2D eigenvalue weighted by atomic mass is 19.1. The molecule has 0 aliphatic carbocycles. The standard InChI is InChI=1S/C9H17F/c1-5-6-8(10)7-9(2,3)4/h7H,5-6H2,1-4H3/b8-7+. The molecule has 0 aromatic heterocycles. The van der Waals surface area contributed by atoms with Crippen LogP contribution in [0.25, 0.3) is 0 Å². The maximum atomic E-state index is 12.8. The molecule has 0 heterocycles. The summed E-state index contributed by atoms with van der Waals surface area (Å²) in [5, 5.41) is 0. The smallest absolute Gasteiger partial charge is 0.0965 e. The Balaban J connectivity index is 3.90. The third-order valence-corrected chi connectivity index (χ3v) is 1.08. The Morgan fingerprint density at radius 1 is 1.40 bits per heavy atom. The summed E-state index contributed by atoms with van der Waals surface area (Å²) >= 11 is 0. The van der Waals surface area contributed by atoms with E-state index in [0.717, 1.165) is 6.42 Å². The molecule has 0 bridgehead atoms. The van der Waals surface area contributed by atoms with Gasteiger partial charge >= 0.3 is 0 Å². The molecule has 0 radical (unpaired) electrons. The highest BCUT2D eigenvalue weighted by Gasteiger charge is 2.07. The second-order valence-electron chi connectivity index (χ2n) is 3.71. The highest BCUT2D eigenvalue weighted by molar-refractivity contribution is 4.98. The van der Waals surface area contributed by atoms with Gasteiger partial charge in [-0.1, -0.05) is 27.7 Å². The second kappa shape index (κ2) is 3.75. The Hall–Kier alpha value is -0.330. The summed E-state index contributed by atoms with van der Waals surface area (Å²) < 4.78 is 12.8. The SMILES string of the molecule is CCC/C(F)=C\C(C)(C)C. The van der Waals surface area contributed by atoms with Crippen molar-refractivity contribution in [3.63, 3.8) is 0 Å². The largest absolute Gasteiger partial charge is 0.212 e. The summed E-state index contributed by atoms with van der Waals surface area (Å²) in [7, 11) is 0. The second-order valence-corrected chi connectivity index (χ2v) is 3.71. The van der Waals surface area contributed by atoms with Crippen LogP contribution in [0.5, 0.6) is 0 Å². The normalized spacial score (nSPS) is 13.9. The lowest BCUT2D eigenvalue weighted by molar-refractivity contribution is 0.496. The summed E-state index contributed by atoms with van der Waals surface area (Å²) in [4.78, 5) is 0. The van der Waals surface area contributed by atoms with Gasteiger partial charge in [0.25, 0.3) is 0 Å². The third kappa shape index (κ3) is 5.80. The summed E-state index contributed by atoms with van der Waals surface area (Å²) in [6.07, 6.45) is 3.16. The average Bonchev–Trinajstić information content (AvgIpc) is 1.59. The highest BCUT2D eigenvalue weighted by Crippen LogP contribution is 2.20. The van der Waals surface area contributed by atoms with Crippen molar-refractivity contribution < 1.29 is 4.39 Å². The lowest BCUT2D eigenvalue weighted by Gasteiger charge is -2.11. The first kappa shape index (κ1) is 9.67. The van der Waals surface area contributed by atoms with Gasteiger partial charge in [-0.25, -0.2) is 4.39 Å². The first-order valence-corrected chi connectivity index (χ1v) is 3.83. The van der Waals surface area contributed by atoms with Crippen molar-refractivity contribution in [3.8, 4) is 0 Å². The van der Waals surface area contributed by atoms with Gasteiger partial charge in [-0.3, -0.25) is 0 Å². The molecule has 0 unspecified atom stereocenters. The molecule has 0 amide bonds. The minimum atomic E-state index is -0.0146. The van der Waals surface area contributed by atoms with Crippen molar-refractivity contribution in [2.45, 2.75) is 40.5 Å². The van der Waals surface area contributed by atoms with Crippen molar-refractivity contribution in [2.24, 2.45) is 5.41 Å². The van der Waals surface area contributed by atoms with Crippen molar-refractivity contribution in [1.29, 1.82) is 0 Å². The van der Waals surface area contributed by atoms with Crippen LogP contribution in [0.1, 0.15) is 40.5 Å². The van der Waals surface area contributed by atoms with Crippen LogP contribution in [-0.4, -0.2) is 0 Å². The maximum absolute atomic E-state index is 12.8. The van der Waals surface area contributed by atoms with Gasteiger partial charge in [0.1, 0.15) is 0 Å². The summed E-state index contributed by atoms with van der Waals surface area (Å²) in [5.74, 6) is 0.0231. The van der Waals surface area contributed by atoms with E-state index >= 15 is 0 Å². The molecule has 0 fully saturated rings. The third-order valence-electron chi connectivity index (χ3n) is 1.08. The number of rotatable bonds is 2. The van der Waals surface area contributed by atoms with Crippen molar-refractivity contribution in [3.05, 3.63) is 11.9 Å². The molecular weight excluding hydrogens is 127 g/mol. The molecule has 0 N–H and O–H groups in total. The minimum absolute atomic E-state index is 0.0146. The van der Waals surface area contributed by atoms with Crippen molar-refractivity contribution >= 4 is 0 Å². The van der Waals surface area contributed by atoms with Gasteiger partial charge in [0.15, 0.2) is 0 Å². The first-order chi connectivity index (χ1) is 4.45. The summed E-state index contributed by atoms with van der Waals surface area (Å²) in [6.45, 7) is 7.99. The molecule has 0 rings (SSSR count). The van der Waals surface area contributed by atoms with E-state index in [1.807, 2.05) is 27.7 Å². The van der Waals surface area contributed by atoms with E-state index in [1.54, 1.807) is 6.08 Å². The van der Waals surface area contributed by atoms with Crippen LogP contribution in [-0.2, 0) is 0 Å². The molecule has 0 spiro atoms. The fraction of sp³-hybridized carbons (Fsp3) is 0.778. The van der Waals surface area contributed by atoms with E-state index in [1.165, 1.54) is 0 Å². The zero-order valence-corrected chi connectivity index (χ0v) is 7.37. The molecule has 0 atom stereocenters. The molecule has 0 saturated heterocycles. The number of halogens is 1. The maximum Gasteiger partial charge on any atom is 0.0965 e. The van der Waals surface area contributed by atoms with Gasteiger partial charge in [0, 0.05) is 0 Å². The molecule has 60 valence electrons. The predicted molar refractivity (Wildman–Crippen MR) is 43.6 cm³/mol. The molecule has 0 aliphatic heterocycles. The number of hydrogen-bond acceptors (Lipinski definition) is 0. The van der Waals surface area contributed by atoms with E-state index in [9.17, 15) is 4.39 Å². The zero-order chi connectivity index (χ0) is 8.20. The molecule has 0 aliphatic rings. The lowest BCUT2D eigenvalue weighted by atomic mass is 9.95. The summed E-state index contributed by atoms with van der Waals surface area (Å²) in [5.41, 5.74) is -0.0146.